The second-order valence-electron chi connectivity index (χ2n) is 4.91. The van der Waals surface area contributed by atoms with Crippen LogP contribution in [0.15, 0.2) is 0 Å². The van der Waals surface area contributed by atoms with E-state index in [1.54, 1.807) is 4.90 Å². The molecule has 0 aliphatic carbocycles. The number of likely N-dealkylation sites (tertiary alicyclic amines) is 1. The lowest BCUT2D eigenvalue weighted by atomic mass is 10.1. The summed E-state index contributed by atoms with van der Waals surface area (Å²) >= 11 is 0. The van der Waals surface area contributed by atoms with Gasteiger partial charge in [-0.25, -0.2) is 0 Å². The topological polar surface area (TPSA) is 35.6 Å². The van der Waals surface area contributed by atoms with Crippen molar-refractivity contribution in [1.29, 1.82) is 0 Å². The Bertz CT molecular complexity index is 230. The summed E-state index contributed by atoms with van der Waals surface area (Å²) in [4.78, 5) is 15.5. The number of carbonyl (C=O) groups excluding carboxylic acids is 1. The fourth-order valence-corrected chi connectivity index (χ4v) is 2.60. The van der Waals surface area contributed by atoms with Gasteiger partial charge in [0.2, 0.25) is 5.91 Å². The van der Waals surface area contributed by atoms with Crippen molar-refractivity contribution in [2.45, 2.75) is 18.9 Å². The van der Waals surface area contributed by atoms with Crippen molar-refractivity contribution in [2.24, 2.45) is 5.92 Å². The van der Waals surface area contributed by atoms with Crippen molar-refractivity contribution in [2.75, 3.05) is 40.3 Å². The minimum Gasteiger partial charge on any atom is -0.349 e. The maximum atomic E-state index is 11.4. The fourth-order valence-electron chi connectivity index (χ4n) is 2.60. The van der Waals surface area contributed by atoms with Gasteiger partial charge < -0.3 is 15.1 Å². The highest BCUT2D eigenvalue weighted by Gasteiger charge is 2.35. The Morgan fingerprint density at radius 3 is 2.93 bits per heavy atom. The van der Waals surface area contributed by atoms with Crippen LogP contribution in [0.1, 0.15) is 12.8 Å². The van der Waals surface area contributed by atoms with Gasteiger partial charge in [-0.1, -0.05) is 0 Å². The summed E-state index contributed by atoms with van der Waals surface area (Å²) in [5.74, 6) is 1.07. The van der Waals surface area contributed by atoms with Gasteiger partial charge in [0.25, 0.3) is 0 Å². The zero-order chi connectivity index (χ0) is 10.8. The monoisotopic (exact) mass is 211 g/mol. The van der Waals surface area contributed by atoms with Crippen molar-refractivity contribution in [3.05, 3.63) is 0 Å². The Morgan fingerprint density at radius 2 is 2.27 bits per heavy atom. The van der Waals surface area contributed by atoms with E-state index in [2.05, 4.69) is 10.2 Å². The van der Waals surface area contributed by atoms with E-state index >= 15 is 0 Å². The summed E-state index contributed by atoms with van der Waals surface area (Å²) in [6, 6.07) is 0.694. The molecule has 1 N–H and O–H groups in total. The summed E-state index contributed by atoms with van der Waals surface area (Å²) in [5, 5.41) is 3.52. The van der Waals surface area contributed by atoms with E-state index in [1.807, 2.05) is 14.1 Å². The molecule has 86 valence electrons. The first kappa shape index (κ1) is 10.9. The van der Waals surface area contributed by atoms with Crippen LogP contribution in [0.2, 0.25) is 0 Å². The maximum absolute atomic E-state index is 11.4. The maximum Gasteiger partial charge on any atom is 0.223 e. The first-order valence-electron chi connectivity index (χ1n) is 5.82. The van der Waals surface area contributed by atoms with E-state index in [4.69, 9.17) is 0 Å². The molecule has 2 aliphatic heterocycles. The summed E-state index contributed by atoms with van der Waals surface area (Å²) in [6.45, 7) is 4.41. The molecule has 2 atom stereocenters. The Labute approximate surface area is 91.6 Å². The third kappa shape index (κ3) is 2.49. The summed E-state index contributed by atoms with van der Waals surface area (Å²) < 4.78 is 0. The minimum atomic E-state index is 0.236. The van der Waals surface area contributed by atoms with Gasteiger partial charge in [-0.05, 0) is 18.9 Å². The zero-order valence-electron chi connectivity index (χ0n) is 9.70. The quantitative estimate of drug-likeness (QED) is 0.700. The molecule has 2 saturated heterocycles. The van der Waals surface area contributed by atoms with E-state index in [0.29, 0.717) is 12.5 Å². The molecule has 0 aromatic heterocycles. The van der Waals surface area contributed by atoms with Crippen LogP contribution >= 0.6 is 0 Å². The van der Waals surface area contributed by atoms with Crippen LogP contribution in [0.4, 0.5) is 0 Å². The molecule has 1 amide bonds. The number of nitrogens with one attached hydrogen (secondary N) is 1. The summed E-state index contributed by atoms with van der Waals surface area (Å²) in [6.07, 6.45) is 1.97. The number of hydrogen-bond acceptors (Lipinski definition) is 3. The largest absolute Gasteiger partial charge is 0.349 e. The molecule has 4 nitrogen and oxygen atoms in total. The molecule has 0 aromatic rings. The Kier molecular flexibility index (Phi) is 3.26. The van der Waals surface area contributed by atoms with Gasteiger partial charge in [0.1, 0.15) is 0 Å². The Morgan fingerprint density at radius 1 is 1.47 bits per heavy atom. The molecule has 2 aliphatic rings. The lowest BCUT2D eigenvalue weighted by molar-refractivity contribution is -0.129. The normalized spacial score (nSPS) is 30.5. The third-order valence-electron chi connectivity index (χ3n) is 3.58. The Balaban J connectivity index is 1.71. The number of amides is 1. The highest BCUT2D eigenvalue weighted by Crippen LogP contribution is 2.24. The van der Waals surface area contributed by atoms with Gasteiger partial charge >= 0.3 is 0 Å². The van der Waals surface area contributed by atoms with Crippen LogP contribution in [0.3, 0.4) is 0 Å². The first-order chi connectivity index (χ1) is 7.16. The van der Waals surface area contributed by atoms with Crippen LogP contribution in [0.5, 0.6) is 0 Å². The average molecular weight is 211 g/mol. The van der Waals surface area contributed by atoms with E-state index in [-0.39, 0.29) is 5.91 Å². The van der Waals surface area contributed by atoms with Crippen molar-refractivity contribution >= 4 is 5.91 Å². The molecule has 0 bridgehead atoms. The molecule has 0 radical (unpaired) electrons. The van der Waals surface area contributed by atoms with E-state index < -0.39 is 0 Å². The van der Waals surface area contributed by atoms with Crippen LogP contribution in [0, 0.1) is 5.92 Å². The number of rotatable bonds is 3. The lowest BCUT2D eigenvalue weighted by Gasteiger charge is -2.17. The van der Waals surface area contributed by atoms with Gasteiger partial charge in [0.15, 0.2) is 0 Å². The average Bonchev–Trinajstić information content (AvgIpc) is 2.72. The molecule has 2 rings (SSSR count). The van der Waals surface area contributed by atoms with Gasteiger partial charge in [-0.15, -0.1) is 0 Å². The second kappa shape index (κ2) is 4.49. The van der Waals surface area contributed by atoms with Crippen molar-refractivity contribution in [3.63, 3.8) is 0 Å². The summed E-state index contributed by atoms with van der Waals surface area (Å²) in [5.41, 5.74) is 0. The van der Waals surface area contributed by atoms with Gasteiger partial charge in [-0.2, -0.15) is 0 Å². The number of fused-ring (bicyclic) bond motifs is 1. The van der Waals surface area contributed by atoms with Crippen molar-refractivity contribution < 1.29 is 4.79 Å². The smallest absolute Gasteiger partial charge is 0.223 e. The second-order valence-corrected chi connectivity index (χ2v) is 4.91. The van der Waals surface area contributed by atoms with Crippen LogP contribution in [0.25, 0.3) is 0 Å². The van der Waals surface area contributed by atoms with Crippen molar-refractivity contribution in [1.82, 2.24) is 15.1 Å². The van der Waals surface area contributed by atoms with Gasteiger partial charge in [0.05, 0.1) is 0 Å². The highest BCUT2D eigenvalue weighted by atomic mass is 16.2. The van der Waals surface area contributed by atoms with Crippen molar-refractivity contribution in [3.8, 4) is 0 Å². The molecule has 2 heterocycles. The SMILES string of the molecule is CN(C)C(=O)CCN1C[C@@H]2CCN[C@@H]2C1. The zero-order valence-corrected chi connectivity index (χ0v) is 9.70. The number of nitrogens with zero attached hydrogens (tertiary/aromatic N) is 2. The molecule has 15 heavy (non-hydrogen) atoms. The molecule has 2 fully saturated rings. The minimum absolute atomic E-state index is 0.236. The standard InChI is InChI=1S/C11H21N3O/c1-13(2)11(15)4-6-14-7-9-3-5-12-10(9)8-14/h9-10,12H,3-8H2,1-2H3/t9-,10+/m0/s1. The molecule has 0 saturated carbocycles. The number of carbonyl (C=O) groups is 1. The molecule has 0 spiro atoms. The predicted molar refractivity (Wildman–Crippen MR) is 59.6 cm³/mol. The third-order valence-corrected chi connectivity index (χ3v) is 3.58. The molecular weight excluding hydrogens is 190 g/mol. The fraction of sp³-hybridized carbons (Fsp3) is 0.909. The van der Waals surface area contributed by atoms with Crippen LogP contribution < -0.4 is 5.32 Å². The molecular formula is C11H21N3O. The van der Waals surface area contributed by atoms with E-state index in [9.17, 15) is 4.79 Å². The molecule has 4 heteroatoms. The summed E-state index contributed by atoms with van der Waals surface area (Å²) in [7, 11) is 3.64. The van der Waals surface area contributed by atoms with Gasteiger partial charge in [-0.3, -0.25) is 4.79 Å². The highest BCUT2D eigenvalue weighted by molar-refractivity contribution is 5.75. The van der Waals surface area contributed by atoms with E-state index in [1.165, 1.54) is 19.5 Å². The van der Waals surface area contributed by atoms with Crippen LogP contribution in [-0.2, 0) is 4.79 Å². The molecule has 0 aromatic carbocycles. The van der Waals surface area contributed by atoms with Crippen LogP contribution in [-0.4, -0.2) is 62.0 Å². The lowest BCUT2D eigenvalue weighted by Crippen LogP contribution is -2.32. The predicted octanol–water partition coefficient (Wildman–Crippen LogP) is -0.242. The molecule has 0 unspecified atom stereocenters. The van der Waals surface area contributed by atoms with E-state index in [0.717, 1.165) is 19.0 Å². The van der Waals surface area contributed by atoms with Gasteiger partial charge in [0, 0.05) is 46.2 Å². The Hall–Kier alpha value is -0.610. The first-order valence-corrected chi connectivity index (χ1v) is 5.82. The number of hydrogen-bond donors (Lipinski definition) is 1.